The van der Waals surface area contributed by atoms with Gasteiger partial charge >= 0.3 is 0 Å². The largest absolute Gasteiger partial charge is 0.399 e. The van der Waals surface area contributed by atoms with Gasteiger partial charge in [0.25, 0.3) is 20.2 Å². The molecule has 3 fully saturated rings. The third-order valence-corrected chi connectivity index (χ3v) is 14.0. The molecular formula is C62H96B2ClN17O12S2. The van der Waals surface area contributed by atoms with E-state index in [1.54, 1.807) is 67.1 Å². The van der Waals surface area contributed by atoms with Gasteiger partial charge in [0.2, 0.25) is 23.6 Å². The van der Waals surface area contributed by atoms with Crippen LogP contribution in [0.2, 0.25) is 5.02 Å². The summed E-state index contributed by atoms with van der Waals surface area (Å²) in [6.45, 7) is 20.6. The Morgan fingerprint density at radius 1 is 0.490 bits per heavy atom. The lowest BCUT2D eigenvalue weighted by molar-refractivity contribution is -0.115. The molecule has 0 spiro atoms. The molecule has 0 saturated carbocycles. The summed E-state index contributed by atoms with van der Waals surface area (Å²) in [6.07, 6.45) is 11.5. The Labute approximate surface area is 576 Å². The number of nitrogens with zero attached hydrogens (tertiary/aromatic N) is 11. The number of aliphatic hydroxyl groups is 2. The molecule has 34 heteroatoms. The fourth-order valence-corrected chi connectivity index (χ4v) is 8.92. The second kappa shape index (κ2) is 48.2. The number of rotatable bonds is 16. The Kier molecular flexibility index (Phi) is 44.5. The summed E-state index contributed by atoms with van der Waals surface area (Å²) in [5.74, 6) is -0.598. The van der Waals surface area contributed by atoms with Gasteiger partial charge in [-0.2, -0.15) is 16.8 Å². The van der Waals surface area contributed by atoms with Crippen molar-refractivity contribution in [2.24, 2.45) is 0 Å². The fourth-order valence-electron chi connectivity index (χ4n) is 8.07. The number of carbonyl (C=O) groups excluding carboxylic acids is 4. The number of carbonyl (C=O) groups is 4. The molecule has 29 nitrogen and oxygen atoms in total. The second-order valence-corrected chi connectivity index (χ2v) is 25.1. The molecule has 0 aliphatic carbocycles. The van der Waals surface area contributed by atoms with Crippen molar-refractivity contribution in [3.8, 4) is 0 Å². The minimum absolute atomic E-state index is 0. The maximum atomic E-state index is 11.0. The van der Waals surface area contributed by atoms with Gasteiger partial charge in [-0.3, -0.25) is 67.2 Å². The highest BCUT2D eigenvalue weighted by Crippen LogP contribution is 2.15. The zero-order valence-corrected chi connectivity index (χ0v) is 57.8. The molecule has 96 heavy (non-hydrogen) atoms. The number of halogens is 1. The smallest absolute Gasteiger partial charge is 0.264 e. The van der Waals surface area contributed by atoms with E-state index >= 15 is 0 Å². The number of likely N-dealkylation sites (N-methyl/N-ethyl adjacent to an activating group) is 3. The summed E-state index contributed by atoms with van der Waals surface area (Å²) < 4.78 is 52.1. The summed E-state index contributed by atoms with van der Waals surface area (Å²) in [6, 6.07) is 20.4. The van der Waals surface area contributed by atoms with Crippen molar-refractivity contribution in [2.45, 2.75) is 74.6 Å². The number of aliphatic hydroxyl groups excluding tert-OH is 2. The van der Waals surface area contributed by atoms with Gasteiger partial charge in [0.1, 0.15) is 13.2 Å². The first kappa shape index (κ1) is 88.5. The first-order valence-corrected chi connectivity index (χ1v) is 33.4. The van der Waals surface area contributed by atoms with Crippen molar-refractivity contribution >= 4 is 101 Å². The topological polar surface area (TPSA) is 375 Å². The quantitative estimate of drug-likeness (QED) is 0.0506. The normalized spacial score (nSPS) is 14.0. The number of nitrogens with one attached hydrogen (secondary N) is 5. The van der Waals surface area contributed by atoms with Crippen LogP contribution in [0, 0.1) is 0 Å². The molecule has 0 aromatic carbocycles. The van der Waals surface area contributed by atoms with Crippen LogP contribution in [0.25, 0.3) is 0 Å². The Hall–Kier alpha value is -7.50. The van der Waals surface area contributed by atoms with Crippen molar-refractivity contribution in [1.29, 1.82) is 0 Å². The Bertz CT molecular complexity index is 3380. The number of anilines is 5. The average Bonchev–Trinajstić information content (AvgIpc) is 1.58. The Morgan fingerprint density at radius 2 is 0.781 bits per heavy atom. The highest BCUT2D eigenvalue weighted by molar-refractivity contribution is 7.86. The van der Waals surface area contributed by atoms with Crippen molar-refractivity contribution in [2.75, 3.05) is 139 Å². The zero-order chi connectivity index (χ0) is 68.8. The van der Waals surface area contributed by atoms with Gasteiger partial charge in [-0.25, -0.2) is 0 Å². The zero-order valence-electron chi connectivity index (χ0n) is 55.4. The highest BCUT2D eigenvalue weighted by Gasteiger charge is 2.16. The van der Waals surface area contributed by atoms with E-state index in [4.69, 9.17) is 27.5 Å². The fraction of sp³-hybridized carbons (Fsp3) is 0.452. The molecule has 0 unspecified atom stereocenters. The molecule has 6 aromatic rings. The van der Waals surface area contributed by atoms with E-state index in [1.807, 2.05) is 24.3 Å². The summed E-state index contributed by atoms with van der Waals surface area (Å²) in [5, 5.41) is 31.6. The van der Waals surface area contributed by atoms with E-state index in [9.17, 15) is 36.0 Å². The highest BCUT2D eigenvalue weighted by atomic mass is 35.5. The molecule has 9 N–H and O–H groups in total. The SMILES string of the molecule is C.CC(=O)Nc1ccnc(CN2CCN(C)CC2)c1.CC(=O)Nc1ccnc(CO)c1.CC(=O)Nc1ccnc(COS(C)(=O)=O)c1.CC(=O)Nc1ccnc(COS(C)(=O)=O)c1.CN1CCN(Cc2cc(N)ccn2)CC1.CN1CCNCC1.OCc1cc(Cl)ccn1.[2HH].[B].[B]. The van der Waals surface area contributed by atoms with Crippen molar-refractivity contribution in [3.05, 3.63) is 149 Å². The number of hydrogen-bond donors (Lipinski definition) is 8. The van der Waals surface area contributed by atoms with Crippen LogP contribution in [-0.2, 0) is 87.3 Å². The summed E-state index contributed by atoms with van der Waals surface area (Å²) >= 11 is 5.57. The number of amides is 4. The van der Waals surface area contributed by atoms with E-state index in [1.165, 1.54) is 59.4 Å². The third-order valence-electron chi connectivity index (χ3n) is 12.6. The Balaban J connectivity index is 0. The number of nitrogens with two attached hydrogens (primary N) is 1. The minimum Gasteiger partial charge on any atom is -0.399 e. The van der Waals surface area contributed by atoms with Crippen LogP contribution < -0.4 is 32.3 Å². The average molecular weight is 1390 g/mol. The Morgan fingerprint density at radius 3 is 1.08 bits per heavy atom. The second-order valence-electron chi connectivity index (χ2n) is 21.4. The molecule has 3 aliphatic heterocycles. The minimum atomic E-state index is -3.49. The lowest BCUT2D eigenvalue weighted by Crippen LogP contribution is -2.44. The van der Waals surface area contributed by atoms with E-state index in [-0.39, 0.29) is 75.7 Å². The first-order chi connectivity index (χ1) is 44.0. The van der Waals surface area contributed by atoms with Gasteiger partial charge in [0, 0.05) is 208 Å². The molecule has 4 amide bonds. The summed E-state index contributed by atoms with van der Waals surface area (Å²) in [5.41, 5.74) is 13.2. The van der Waals surface area contributed by atoms with Gasteiger partial charge in [0.15, 0.2) is 0 Å². The van der Waals surface area contributed by atoms with Gasteiger partial charge in [-0.1, -0.05) is 19.0 Å². The van der Waals surface area contributed by atoms with Crippen LogP contribution in [0.4, 0.5) is 28.4 Å². The van der Waals surface area contributed by atoms with Gasteiger partial charge in [0.05, 0.1) is 59.9 Å². The molecule has 9 heterocycles. The van der Waals surface area contributed by atoms with Gasteiger partial charge < -0.3 is 57.2 Å². The predicted molar refractivity (Wildman–Crippen MR) is 379 cm³/mol. The predicted octanol–water partition coefficient (Wildman–Crippen LogP) is 3.63. The number of hydrogen-bond acceptors (Lipinski definition) is 25. The standard InChI is InChI=1S/C13H20N4O.C11H18N4.2C9H12N2O4S.C8H10N2O2.C6H6ClNO.C5H12N2.CH4.2B.H2/c1-11(18)15-12-3-4-14-13(9-12)10-17-7-5-16(2)6-8-17;1-14-4-6-15(7-5-14)9-11-8-10(12)2-3-13-11;2*1-7(12)11-8-3-4-10-9(5-8)6-15-16(2,13)14;1-6(12)10-7-2-3-9-8(4-7)5-11;7-5-1-2-8-6(3-5)4-9;1-7-4-2-6-3-5-7;;;;/h3-4,9H,5-8,10H2,1-2H3,(H,14,15,18);2-3,8H,4-7,9H2,1H3,(H2,12,13);2*3-5H,6H2,1-2H3,(H,10,11,12);2-4,11H,5H2,1H3,(H,9,10,12);1-3,9H,4H2;6H,2-5H2,1H3;1H4;;;1H/i;;;;;;;;;;1+1. The van der Waals surface area contributed by atoms with E-state index in [0.717, 1.165) is 114 Å². The first-order valence-electron chi connectivity index (χ1n) is 29.4. The molecule has 6 aromatic heterocycles. The maximum absolute atomic E-state index is 11.0. The van der Waals surface area contributed by atoms with Crippen LogP contribution in [0.3, 0.4) is 0 Å². The molecular weight excluding hydrogens is 1300 g/mol. The molecule has 6 radical (unpaired) electrons. The number of pyridine rings is 6. The lowest BCUT2D eigenvalue weighted by atomic mass is 10.2. The molecule has 0 bridgehead atoms. The van der Waals surface area contributed by atoms with Crippen LogP contribution in [0.5, 0.6) is 0 Å². The van der Waals surface area contributed by atoms with Crippen LogP contribution in [-0.4, -0.2) is 234 Å². The monoisotopic (exact) mass is 1390 g/mol. The molecule has 526 valence electrons. The van der Waals surface area contributed by atoms with Crippen LogP contribution >= 0.6 is 11.6 Å². The van der Waals surface area contributed by atoms with E-state index in [2.05, 4.69) is 110 Å². The van der Waals surface area contributed by atoms with Gasteiger partial charge in [-0.15, -0.1) is 0 Å². The molecule has 3 aliphatic rings. The number of piperazine rings is 3. The lowest BCUT2D eigenvalue weighted by Gasteiger charge is -2.32. The van der Waals surface area contributed by atoms with E-state index in [0.29, 0.717) is 44.9 Å². The number of nitrogen functional groups attached to an aromatic ring is 1. The number of aromatic nitrogens is 6. The third kappa shape index (κ3) is 43.5. The molecule has 3 saturated heterocycles. The van der Waals surface area contributed by atoms with E-state index < -0.39 is 20.2 Å². The molecule has 0 atom stereocenters. The van der Waals surface area contributed by atoms with Crippen molar-refractivity contribution in [1.82, 2.24) is 59.7 Å². The van der Waals surface area contributed by atoms with Crippen LogP contribution in [0.1, 0.15) is 70.7 Å². The van der Waals surface area contributed by atoms with Crippen molar-refractivity contribution in [3.63, 3.8) is 0 Å². The maximum Gasteiger partial charge on any atom is 0.264 e. The molecule has 9 rings (SSSR count). The van der Waals surface area contributed by atoms with Crippen LogP contribution in [0.15, 0.2) is 110 Å². The van der Waals surface area contributed by atoms with Crippen molar-refractivity contribution < 1.29 is 56.0 Å². The summed E-state index contributed by atoms with van der Waals surface area (Å²) in [4.78, 5) is 79.2. The summed E-state index contributed by atoms with van der Waals surface area (Å²) in [7, 11) is -0.509. The van der Waals surface area contributed by atoms with Gasteiger partial charge in [-0.05, 0) is 93.9 Å².